The predicted molar refractivity (Wildman–Crippen MR) is 297 cm³/mol. The highest BCUT2D eigenvalue weighted by Crippen LogP contribution is 2.49. The molecule has 0 bridgehead atoms. The molecule has 11 aromatic rings. The molecule has 7 nitrogen and oxygen atoms in total. The molecule has 7 heteroatoms. The zero-order valence-electron chi connectivity index (χ0n) is 40.0. The number of nitrogens with zero attached hydrogens (tertiary/aromatic N) is 5. The minimum Gasteiger partial charge on any atom is -0.478 e. The number of hydrogen-bond acceptors (Lipinski definition) is 7. The Morgan fingerprint density at radius 1 is 0.270 bits per heavy atom. The van der Waals surface area contributed by atoms with Gasteiger partial charge in [-0.05, 0) is 116 Å². The van der Waals surface area contributed by atoms with Crippen molar-refractivity contribution >= 4 is 0 Å². The van der Waals surface area contributed by atoms with Gasteiger partial charge in [-0.2, -0.15) is 0 Å². The van der Waals surface area contributed by atoms with Crippen LogP contribution in [0.3, 0.4) is 0 Å². The van der Waals surface area contributed by atoms with Crippen LogP contribution in [0.15, 0.2) is 261 Å². The molecule has 0 spiro atoms. The van der Waals surface area contributed by atoms with Gasteiger partial charge in [-0.25, -0.2) is 15.0 Å². The highest BCUT2D eigenvalue weighted by molar-refractivity contribution is 5.86. The van der Waals surface area contributed by atoms with Crippen molar-refractivity contribution in [3.8, 4) is 124 Å². The van der Waals surface area contributed by atoms with E-state index in [0.717, 1.165) is 100 Å². The van der Waals surface area contributed by atoms with Gasteiger partial charge < -0.3 is 9.47 Å². The maximum absolute atomic E-state index is 6.87. The van der Waals surface area contributed by atoms with Gasteiger partial charge >= 0.3 is 0 Å². The Morgan fingerprint density at radius 3 is 1.11 bits per heavy atom. The van der Waals surface area contributed by atoms with Crippen molar-refractivity contribution in [2.24, 2.45) is 0 Å². The Bertz CT molecular complexity index is 3810. The SMILES string of the molecule is C1=CC2Oc3c(-c4ccc(-c5ccc(-c6cc(-c7cccnc7)cc(-c7cccnc7)c6)cc5)cc4)ccc(-c4ccc(-c5nc(-c6ccccc6)nc(-c6cccc(-c7ccccc7)c6)n5)cc4)c3OC2C=C1. The highest BCUT2D eigenvalue weighted by Gasteiger charge is 2.33. The minimum absolute atomic E-state index is 0.252. The Kier molecular flexibility index (Phi) is 11.6. The van der Waals surface area contributed by atoms with Crippen LogP contribution in [0.4, 0.5) is 0 Å². The first-order valence-electron chi connectivity index (χ1n) is 24.7. The molecule has 0 radical (unpaired) electrons. The molecule has 2 atom stereocenters. The summed E-state index contributed by atoms with van der Waals surface area (Å²) in [5.74, 6) is 3.24. The first-order chi connectivity index (χ1) is 36.6. The van der Waals surface area contributed by atoms with E-state index in [1.54, 1.807) is 12.4 Å². The molecule has 2 aliphatic rings. The van der Waals surface area contributed by atoms with E-state index in [2.05, 4.69) is 186 Å². The zero-order valence-corrected chi connectivity index (χ0v) is 40.0. The molecular formula is C67H45N5O2. The zero-order chi connectivity index (χ0) is 49.2. The van der Waals surface area contributed by atoms with Gasteiger partial charge in [-0.3, -0.25) is 9.97 Å². The monoisotopic (exact) mass is 951 g/mol. The Hall–Kier alpha value is -9.85. The first-order valence-corrected chi connectivity index (χ1v) is 24.7. The van der Waals surface area contributed by atoms with Crippen molar-refractivity contribution in [3.05, 3.63) is 261 Å². The number of benzene rings is 8. The average molecular weight is 952 g/mol. The van der Waals surface area contributed by atoms with Crippen LogP contribution in [0, 0.1) is 0 Å². The van der Waals surface area contributed by atoms with Crippen LogP contribution < -0.4 is 9.47 Å². The molecule has 1 aliphatic heterocycles. The van der Waals surface area contributed by atoms with Crippen LogP contribution in [0.1, 0.15) is 0 Å². The summed E-state index contributed by atoms with van der Waals surface area (Å²) < 4.78 is 13.7. The van der Waals surface area contributed by atoms with Gasteiger partial charge in [0.15, 0.2) is 41.2 Å². The fraction of sp³-hybridized carbons (Fsp3) is 0.0299. The molecule has 0 amide bonds. The number of hydrogen-bond donors (Lipinski definition) is 0. The maximum atomic E-state index is 6.87. The summed E-state index contributed by atoms with van der Waals surface area (Å²) in [5, 5.41) is 0. The summed E-state index contributed by atoms with van der Waals surface area (Å²) in [6.45, 7) is 0. The molecular weight excluding hydrogens is 907 g/mol. The summed E-state index contributed by atoms with van der Waals surface area (Å²) in [6, 6.07) is 73.7. The van der Waals surface area contributed by atoms with Gasteiger partial charge in [0, 0.05) is 63.7 Å². The van der Waals surface area contributed by atoms with E-state index in [-0.39, 0.29) is 12.2 Å². The lowest BCUT2D eigenvalue weighted by Crippen LogP contribution is -2.38. The number of allylic oxidation sites excluding steroid dienone is 2. The number of ether oxygens (including phenoxy) is 2. The van der Waals surface area contributed by atoms with E-state index >= 15 is 0 Å². The van der Waals surface area contributed by atoms with E-state index in [1.165, 1.54) is 0 Å². The smallest absolute Gasteiger partial charge is 0.170 e. The molecule has 8 aromatic carbocycles. The van der Waals surface area contributed by atoms with Gasteiger partial charge in [0.05, 0.1) is 0 Å². The van der Waals surface area contributed by atoms with Crippen molar-refractivity contribution in [1.82, 2.24) is 24.9 Å². The Balaban J connectivity index is 0.808. The first kappa shape index (κ1) is 44.1. The summed E-state index contributed by atoms with van der Waals surface area (Å²) >= 11 is 0. The number of aromatic nitrogens is 5. The number of fused-ring (bicyclic) bond motifs is 2. The normalized spacial score (nSPS) is 14.3. The third kappa shape index (κ3) is 8.84. The summed E-state index contributed by atoms with van der Waals surface area (Å²) in [6.07, 6.45) is 15.1. The van der Waals surface area contributed by atoms with E-state index in [0.29, 0.717) is 23.2 Å². The van der Waals surface area contributed by atoms with Crippen molar-refractivity contribution in [3.63, 3.8) is 0 Å². The third-order valence-electron chi connectivity index (χ3n) is 13.7. The Labute approximate surface area is 429 Å². The van der Waals surface area contributed by atoms with Gasteiger partial charge in [-0.15, -0.1) is 0 Å². The van der Waals surface area contributed by atoms with Crippen LogP contribution >= 0.6 is 0 Å². The highest BCUT2D eigenvalue weighted by atomic mass is 16.6. The second-order valence-corrected chi connectivity index (χ2v) is 18.4. The molecule has 1 aliphatic carbocycles. The lowest BCUT2D eigenvalue weighted by atomic mass is 9.93. The minimum atomic E-state index is -0.258. The predicted octanol–water partition coefficient (Wildman–Crippen LogP) is 16.0. The van der Waals surface area contributed by atoms with Crippen molar-refractivity contribution in [2.75, 3.05) is 0 Å². The quantitative estimate of drug-likeness (QED) is 0.135. The van der Waals surface area contributed by atoms with Gasteiger partial charge in [0.1, 0.15) is 0 Å². The van der Waals surface area contributed by atoms with Crippen LogP contribution in [0.25, 0.3) is 112 Å². The van der Waals surface area contributed by atoms with Crippen molar-refractivity contribution < 1.29 is 9.47 Å². The summed E-state index contributed by atoms with van der Waals surface area (Å²) in [7, 11) is 0. The molecule has 13 rings (SSSR count). The molecule has 74 heavy (non-hydrogen) atoms. The standard InChI is InChI=1S/C67H45N5O2/c1-3-12-44(13-4-1)52-16-9-17-53(38-52)67-71-65(50-14-5-2-6-15-50)70-66(72-67)51-32-30-49(31-33-51)60-35-34-59(63-64(60)74-62-21-8-7-20-61(62)73-63)48-28-26-46(27-29-48)45-22-24-47(25-23-45)56-39-57(54-18-10-36-68-42-54)41-58(40-56)55-19-11-37-69-43-55/h1-43,61-62H. The second kappa shape index (κ2) is 19.4. The van der Waals surface area contributed by atoms with Crippen LogP contribution in [0.2, 0.25) is 0 Å². The molecule has 0 fully saturated rings. The third-order valence-corrected chi connectivity index (χ3v) is 13.7. The number of pyridine rings is 2. The molecule has 2 unspecified atom stereocenters. The second-order valence-electron chi connectivity index (χ2n) is 18.4. The van der Waals surface area contributed by atoms with Crippen molar-refractivity contribution in [2.45, 2.75) is 12.2 Å². The van der Waals surface area contributed by atoms with Crippen LogP contribution in [-0.4, -0.2) is 37.1 Å². The summed E-state index contributed by atoms with van der Waals surface area (Å²) in [5.41, 5.74) is 17.7. The van der Waals surface area contributed by atoms with E-state index in [9.17, 15) is 0 Å². The molecule has 0 saturated carbocycles. The van der Waals surface area contributed by atoms with Gasteiger partial charge in [0.2, 0.25) is 0 Å². The molecule has 4 heterocycles. The molecule has 3 aromatic heterocycles. The maximum Gasteiger partial charge on any atom is 0.170 e. The van der Waals surface area contributed by atoms with Gasteiger partial charge in [0.25, 0.3) is 0 Å². The van der Waals surface area contributed by atoms with E-state index in [1.807, 2.05) is 73.1 Å². The van der Waals surface area contributed by atoms with Gasteiger partial charge in [-0.1, -0.05) is 176 Å². The van der Waals surface area contributed by atoms with Crippen LogP contribution in [0.5, 0.6) is 11.5 Å². The lowest BCUT2D eigenvalue weighted by Gasteiger charge is -2.34. The topological polar surface area (TPSA) is 82.9 Å². The average Bonchev–Trinajstić information content (AvgIpc) is 3.49. The van der Waals surface area contributed by atoms with Crippen molar-refractivity contribution in [1.29, 1.82) is 0 Å². The summed E-state index contributed by atoms with van der Waals surface area (Å²) in [4.78, 5) is 23.9. The number of rotatable bonds is 10. The fourth-order valence-corrected chi connectivity index (χ4v) is 9.81. The molecule has 0 saturated heterocycles. The molecule has 0 N–H and O–H groups in total. The molecule has 350 valence electrons. The van der Waals surface area contributed by atoms with E-state index < -0.39 is 0 Å². The Morgan fingerprint density at radius 2 is 0.622 bits per heavy atom. The van der Waals surface area contributed by atoms with Crippen LogP contribution in [-0.2, 0) is 0 Å². The lowest BCUT2D eigenvalue weighted by molar-refractivity contribution is 0.0769. The largest absolute Gasteiger partial charge is 0.478 e. The fourth-order valence-electron chi connectivity index (χ4n) is 9.81. The van der Waals surface area contributed by atoms with E-state index in [4.69, 9.17) is 24.4 Å².